The summed E-state index contributed by atoms with van der Waals surface area (Å²) in [5, 5.41) is -0.352. The number of hydrogen-bond acceptors (Lipinski definition) is 4. The van der Waals surface area contributed by atoms with E-state index in [0.29, 0.717) is 19.7 Å². The van der Waals surface area contributed by atoms with E-state index in [1.165, 1.54) is 0 Å². The fourth-order valence-electron chi connectivity index (χ4n) is 2.69. The zero-order valence-corrected chi connectivity index (χ0v) is 11.4. The highest BCUT2D eigenvalue weighted by Crippen LogP contribution is 2.35. The van der Waals surface area contributed by atoms with Crippen LogP contribution in [0.25, 0.3) is 0 Å². The lowest BCUT2D eigenvalue weighted by molar-refractivity contribution is -0.0389. The molecule has 0 aromatic rings. The molecule has 2 aliphatic heterocycles. The summed E-state index contributed by atoms with van der Waals surface area (Å²) in [6.45, 7) is 5.22. The first-order valence-corrected chi connectivity index (χ1v) is 7.77. The van der Waals surface area contributed by atoms with Crippen molar-refractivity contribution in [3.05, 3.63) is 0 Å². The van der Waals surface area contributed by atoms with Crippen LogP contribution in [0.3, 0.4) is 0 Å². The Morgan fingerprint density at radius 2 is 1.94 bits per heavy atom. The van der Waals surface area contributed by atoms with Crippen molar-refractivity contribution >= 4 is 10.0 Å². The molecular weight excluding hydrogens is 240 g/mol. The summed E-state index contributed by atoms with van der Waals surface area (Å²) in [5.74, 6) is 0. The number of rotatable bonds is 2. The van der Waals surface area contributed by atoms with E-state index in [-0.39, 0.29) is 16.9 Å². The molecule has 2 aliphatic rings. The van der Waals surface area contributed by atoms with Crippen molar-refractivity contribution in [3.63, 3.8) is 0 Å². The molecule has 0 aromatic heterocycles. The van der Waals surface area contributed by atoms with E-state index in [1.807, 2.05) is 0 Å². The van der Waals surface area contributed by atoms with Crippen molar-refractivity contribution in [1.82, 2.24) is 4.31 Å². The standard InChI is InChI=1S/C11H22N2O3S/c1-9(2)17(14,15)13-6-4-11(5-7-13)10(12)3-8-16-11/h9-10H,3-8,12H2,1-2H3. The van der Waals surface area contributed by atoms with Crippen LogP contribution in [0.5, 0.6) is 0 Å². The number of hydrogen-bond donors (Lipinski definition) is 1. The monoisotopic (exact) mass is 262 g/mol. The average Bonchev–Trinajstić information content (AvgIpc) is 2.61. The highest BCUT2D eigenvalue weighted by Gasteiger charge is 2.46. The number of ether oxygens (including phenoxy) is 1. The highest BCUT2D eigenvalue weighted by molar-refractivity contribution is 7.89. The van der Waals surface area contributed by atoms with Gasteiger partial charge in [-0.25, -0.2) is 12.7 Å². The van der Waals surface area contributed by atoms with Gasteiger partial charge < -0.3 is 10.5 Å². The van der Waals surface area contributed by atoms with E-state index >= 15 is 0 Å². The number of piperidine rings is 1. The van der Waals surface area contributed by atoms with Crippen molar-refractivity contribution in [2.75, 3.05) is 19.7 Å². The lowest BCUT2D eigenvalue weighted by atomic mass is 9.86. The molecule has 2 heterocycles. The zero-order valence-electron chi connectivity index (χ0n) is 10.6. The molecular formula is C11H22N2O3S. The maximum atomic E-state index is 12.0. The van der Waals surface area contributed by atoms with Crippen LogP contribution in [0.4, 0.5) is 0 Å². The molecule has 0 aliphatic carbocycles. The van der Waals surface area contributed by atoms with Gasteiger partial charge in [0.25, 0.3) is 0 Å². The highest BCUT2D eigenvalue weighted by atomic mass is 32.2. The van der Waals surface area contributed by atoms with Crippen molar-refractivity contribution in [1.29, 1.82) is 0 Å². The first-order valence-electron chi connectivity index (χ1n) is 6.27. The lowest BCUT2D eigenvalue weighted by Crippen LogP contribution is -2.54. The summed E-state index contributed by atoms with van der Waals surface area (Å²) in [5.41, 5.74) is 5.80. The largest absolute Gasteiger partial charge is 0.373 e. The predicted octanol–water partition coefficient (Wildman–Crippen LogP) is 0.307. The Morgan fingerprint density at radius 1 is 1.35 bits per heavy atom. The summed E-state index contributed by atoms with van der Waals surface area (Å²) in [6, 6.07) is 0.0615. The van der Waals surface area contributed by atoms with Crippen molar-refractivity contribution in [2.24, 2.45) is 5.73 Å². The zero-order chi connectivity index (χ0) is 12.7. The summed E-state index contributed by atoms with van der Waals surface area (Å²) >= 11 is 0. The smallest absolute Gasteiger partial charge is 0.216 e. The van der Waals surface area contributed by atoms with Gasteiger partial charge in [-0.1, -0.05) is 0 Å². The number of nitrogens with zero attached hydrogens (tertiary/aromatic N) is 1. The Balaban J connectivity index is 2.04. The van der Waals surface area contributed by atoms with Gasteiger partial charge >= 0.3 is 0 Å². The molecule has 0 saturated carbocycles. The minimum Gasteiger partial charge on any atom is -0.373 e. The van der Waals surface area contributed by atoms with Crippen LogP contribution in [0.15, 0.2) is 0 Å². The quantitative estimate of drug-likeness (QED) is 0.777. The van der Waals surface area contributed by atoms with Gasteiger partial charge in [0.15, 0.2) is 0 Å². The van der Waals surface area contributed by atoms with Crippen LogP contribution in [0, 0.1) is 0 Å². The van der Waals surface area contributed by atoms with Gasteiger partial charge in [0.05, 0.1) is 10.9 Å². The molecule has 0 radical (unpaired) electrons. The third kappa shape index (κ3) is 2.23. The Morgan fingerprint density at radius 3 is 2.35 bits per heavy atom. The minimum atomic E-state index is -3.13. The molecule has 2 N–H and O–H groups in total. The molecule has 0 amide bonds. The summed E-state index contributed by atoms with van der Waals surface area (Å²) in [6.07, 6.45) is 2.33. The normalized spacial score (nSPS) is 30.2. The van der Waals surface area contributed by atoms with E-state index in [2.05, 4.69) is 0 Å². The maximum Gasteiger partial charge on any atom is 0.216 e. The van der Waals surface area contributed by atoms with E-state index in [0.717, 1.165) is 19.3 Å². The van der Waals surface area contributed by atoms with Gasteiger partial charge in [0, 0.05) is 25.7 Å². The summed E-state index contributed by atoms with van der Waals surface area (Å²) in [4.78, 5) is 0. The van der Waals surface area contributed by atoms with Gasteiger partial charge in [-0.2, -0.15) is 0 Å². The van der Waals surface area contributed by atoms with Gasteiger partial charge in [-0.05, 0) is 33.1 Å². The fourth-order valence-corrected chi connectivity index (χ4v) is 3.98. The molecule has 5 nitrogen and oxygen atoms in total. The van der Waals surface area contributed by atoms with Crippen molar-refractivity contribution < 1.29 is 13.2 Å². The van der Waals surface area contributed by atoms with E-state index in [9.17, 15) is 8.42 Å². The first kappa shape index (κ1) is 13.3. The average molecular weight is 262 g/mol. The number of nitrogens with two attached hydrogens (primary N) is 1. The molecule has 1 atom stereocenters. The molecule has 1 spiro atoms. The second-order valence-electron chi connectivity index (χ2n) is 5.30. The van der Waals surface area contributed by atoms with E-state index < -0.39 is 10.0 Å². The SMILES string of the molecule is CC(C)S(=O)(=O)N1CCC2(CC1)OCCC2N. The molecule has 6 heteroatoms. The molecule has 2 rings (SSSR count). The third-order valence-electron chi connectivity index (χ3n) is 4.02. The Labute approximate surface area is 103 Å². The van der Waals surface area contributed by atoms with Crippen LogP contribution in [-0.4, -0.2) is 49.3 Å². The topological polar surface area (TPSA) is 72.6 Å². The van der Waals surface area contributed by atoms with E-state index in [4.69, 9.17) is 10.5 Å². The molecule has 100 valence electrons. The van der Waals surface area contributed by atoms with Crippen LogP contribution in [0.2, 0.25) is 0 Å². The van der Waals surface area contributed by atoms with Gasteiger partial charge in [0.2, 0.25) is 10.0 Å². The fraction of sp³-hybridized carbons (Fsp3) is 1.00. The summed E-state index contributed by atoms with van der Waals surface area (Å²) < 4.78 is 31.4. The van der Waals surface area contributed by atoms with Crippen molar-refractivity contribution in [2.45, 2.75) is 50.0 Å². The third-order valence-corrected chi connectivity index (χ3v) is 6.29. The minimum absolute atomic E-state index is 0.0615. The van der Waals surface area contributed by atoms with Crippen LogP contribution in [-0.2, 0) is 14.8 Å². The second-order valence-corrected chi connectivity index (χ2v) is 7.79. The molecule has 0 bridgehead atoms. The van der Waals surface area contributed by atoms with Crippen LogP contribution in [0.1, 0.15) is 33.1 Å². The maximum absolute atomic E-state index is 12.0. The molecule has 0 aromatic carbocycles. The molecule has 2 fully saturated rings. The molecule has 1 unspecified atom stereocenters. The Hall–Kier alpha value is -0.170. The lowest BCUT2D eigenvalue weighted by Gasteiger charge is -2.40. The van der Waals surface area contributed by atoms with E-state index in [1.54, 1.807) is 18.2 Å². The second kappa shape index (κ2) is 4.50. The molecule has 17 heavy (non-hydrogen) atoms. The first-order chi connectivity index (χ1) is 7.88. The van der Waals surface area contributed by atoms with Crippen LogP contribution >= 0.6 is 0 Å². The molecule has 2 saturated heterocycles. The van der Waals surface area contributed by atoms with Crippen molar-refractivity contribution in [3.8, 4) is 0 Å². The van der Waals surface area contributed by atoms with Gasteiger partial charge in [-0.15, -0.1) is 0 Å². The van der Waals surface area contributed by atoms with Crippen LogP contribution < -0.4 is 5.73 Å². The van der Waals surface area contributed by atoms with Gasteiger partial charge in [0.1, 0.15) is 0 Å². The Bertz CT molecular complexity index is 372. The Kier molecular flexibility index (Phi) is 3.51. The summed E-state index contributed by atoms with van der Waals surface area (Å²) in [7, 11) is -3.13. The van der Waals surface area contributed by atoms with Gasteiger partial charge in [-0.3, -0.25) is 0 Å². The number of sulfonamides is 1. The predicted molar refractivity (Wildman–Crippen MR) is 66.1 cm³/mol.